The summed E-state index contributed by atoms with van der Waals surface area (Å²) < 4.78 is 0. The first kappa shape index (κ1) is 16.8. The van der Waals surface area contributed by atoms with Gasteiger partial charge in [0.15, 0.2) is 0 Å². The molecule has 1 saturated carbocycles. The second-order valence-electron chi connectivity index (χ2n) is 7.10. The van der Waals surface area contributed by atoms with Crippen LogP contribution in [0.4, 0.5) is 0 Å². The van der Waals surface area contributed by atoms with E-state index < -0.39 is 0 Å². The summed E-state index contributed by atoms with van der Waals surface area (Å²) >= 11 is 0. The molecule has 1 amide bonds. The van der Waals surface area contributed by atoms with Crippen LogP contribution in [0.1, 0.15) is 65.2 Å². The summed E-state index contributed by atoms with van der Waals surface area (Å²) in [6.07, 6.45) is 9.47. The van der Waals surface area contributed by atoms with E-state index in [-0.39, 0.29) is 17.7 Å². The van der Waals surface area contributed by atoms with E-state index in [0.29, 0.717) is 5.91 Å². The molecule has 0 spiro atoms. The molecule has 0 aromatic rings. The third kappa shape index (κ3) is 3.42. The highest BCUT2D eigenvalue weighted by Crippen LogP contribution is 2.38. The number of unbranched alkanes of at least 4 members (excludes halogenated alkanes) is 1. The molecule has 0 aromatic carbocycles. The Morgan fingerprint density at radius 3 is 2.43 bits per heavy atom. The van der Waals surface area contributed by atoms with E-state index in [1.54, 1.807) is 0 Å². The van der Waals surface area contributed by atoms with Crippen LogP contribution in [0.2, 0.25) is 0 Å². The zero-order valence-corrected chi connectivity index (χ0v) is 14.3. The molecule has 0 radical (unpaired) electrons. The first-order chi connectivity index (χ1) is 10.0. The van der Waals surface area contributed by atoms with Gasteiger partial charge in [0.25, 0.3) is 0 Å². The van der Waals surface area contributed by atoms with Crippen molar-refractivity contribution < 1.29 is 4.79 Å². The minimum Gasteiger partial charge on any atom is -0.324 e. The van der Waals surface area contributed by atoms with Crippen LogP contribution in [0, 0.1) is 0 Å². The Morgan fingerprint density at radius 1 is 1.24 bits per heavy atom. The van der Waals surface area contributed by atoms with Crippen molar-refractivity contribution in [3.8, 4) is 0 Å². The fourth-order valence-electron chi connectivity index (χ4n) is 3.71. The molecule has 1 heterocycles. The van der Waals surface area contributed by atoms with Crippen LogP contribution in [0.25, 0.3) is 0 Å². The van der Waals surface area contributed by atoms with Crippen LogP contribution in [-0.4, -0.2) is 54.1 Å². The zero-order chi connectivity index (χ0) is 15.5. The second kappa shape index (κ2) is 7.10. The van der Waals surface area contributed by atoms with Crippen molar-refractivity contribution >= 4 is 5.91 Å². The lowest BCUT2D eigenvalue weighted by Gasteiger charge is -2.50. The van der Waals surface area contributed by atoms with Crippen LogP contribution in [0.5, 0.6) is 0 Å². The fourth-order valence-corrected chi connectivity index (χ4v) is 3.71. The third-order valence-corrected chi connectivity index (χ3v) is 5.46. The molecule has 1 N–H and O–H groups in total. The van der Waals surface area contributed by atoms with Gasteiger partial charge in [0.2, 0.25) is 5.91 Å². The van der Waals surface area contributed by atoms with Crippen LogP contribution in [0.15, 0.2) is 0 Å². The highest BCUT2D eigenvalue weighted by Gasteiger charge is 2.46. The summed E-state index contributed by atoms with van der Waals surface area (Å²) in [4.78, 5) is 17.3. The minimum absolute atomic E-state index is 0.0563. The van der Waals surface area contributed by atoms with Crippen LogP contribution in [0.3, 0.4) is 0 Å². The second-order valence-corrected chi connectivity index (χ2v) is 7.10. The molecular weight excluding hydrogens is 262 g/mol. The van der Waals surface area contributed by atoms with Gasteiger partial charge in [0.05, 0.1) is 12.2 Å². The van der Waals surface area contributed by atoms with Crippen molar-refractivity contribution in [2.45, 2.75) is 83.0 Å². The average molecular weight is 295 g/mol. The zero-order valence-electron chi connectivity index (χ0n) is 14.3. The summed E-state index contributed by atoms with van der Waals surface area (Å²) in [5, 5.41) is 3.59. The third-order valence-electron chi connectivity index (χ3n) is 5.46. The predicted octanol–water partition coefficient (Wildman–Crippen LogP) is 2.59. The highest BCUT2D eigenvalue weighted by molar-refractivity contribution is 5.84. The number of nitrogens with zero attached hydrogens (tertiary/aromatic N) is 2. The van der Waals surface area contributed by atoms with E-state index in [0.717, 1.165) is 38.6 Å². The molecule has 1 aliphatic heterocycles. The summed E-state index contributed by atoms with van der Waals surface area (Å²) in [6, 6.07) is 0.0563. The number of rotatable bonds is 8. The lowest BCUT2D eigenvalue weighted by atomic mass is 9.75. The maximum Gasteiger partial charge on any atom is 0.241 e. The maximum atomic E-state index is 12.8. The molecule has 2 atom stereocenters. The molecule has 1 aliphatic carbocycles. The molecule has 4 nitrogen and oxygen atoms in total. The van der Waals surface area contributed by atoms with Gasteiger partial charge in [-0.05, 0) is 46.2 Å². The Bertz CT molecular complexity index is 352. The average Bonchev–Trinajstić information content (AvgIpc) is 2.68. The van der Waals surface area contributed by atoms with E-state index in [9.17, 15) is 4.79 Å². The van der Waals surface area contributed by atoms with Crippen molar-refractivity contribution in [3.63, 3.8) is 0 Å². The van der Waals surface area contributed by atoms with Crippen LogP contribution in [-0.2, 0) is 4.79 Å². The van der Waals surface area contributed by atoms with Crippen molar-refractivity contribution in [3.05, 3.63) is 0 Å². The van der Waals surface area contributed by atoms with Gasteiger partial charge in [-0.25, -0.2) is 0 Å². The predicted molar refractivity (Wildman–Crippen MR) is 87.1 cm³/mol. The van der Waals surface area contributed by atoms with E-state index in [2.05, 4.69) is 43.1 Å². The van der Waals surface area contributed by atoms with Crippen molar-refractivity contribution in [2.75, 3.05) is 20.6 Å². The molecule has 0 bridgehead atoms. The van der Waals surface area contributed by atoms with Gasteiger partial charge in [-0.1, -0.05) is 33.1 Å². The van der Waals surface area contributed by atoms with Gasteiger partial charge in [-0.3, -0.25) is 10.1 Å². The number of hydrogen-bond acceptors (Lipinski definition) is 3. The van der Waals surface area contributed by atoms with Crippen molar-refractivity contribution in [2.24, 2.45) is 0 Å². The number of nitrogens with one attached hydrogen (secondary N) is 1. The quantitative estimate of drug-likeness (QED) is 0.747. The Morgan fingerprint density at radius 2 is 1.95 bits per heavy atom. The number of likely N-dealkylation sites (N-methyl/N-ethyl adjacent to an activating group) is 1. The Balaban J connectivity index is 2.05. The normalized spacial score (nSPS) is 28.2. The minimum atomic E-state index is 0.0563. The summed E-state index contributed by atoms with van der Waals surface area (Å²) in [6.45, 7) is 5.30. The standard InChI is InChI=1S/C17H33N3O/c1-5-7-10-14-16(21)20(15(18-14)9-6-2)13-17(19(3)4)11-8-12-17/h14-15,18H,5-13H2,1-4H3. The summed E-state index contributed by atoms with van der Waals surface area (Å²) in [7, 11) is 4.33. The van der Waals surface area contributed by atoms with Gasteiger partial charge in [0, 0.05) is 12.1 Å². The lowest BCUT2D eigenvalue weighted by molar-refractivity contribution is -0.133. The van der Waals surface area contributed by atoms with E-state index in [1.165, 1.54) is 19.3 Å². The highest BCUT2D eigenvalue weighted by atomic mass is 16.2. The molecule has 2 fully saturated rings. The molecule has 2 rings (SSSR count). The Labute approximate surface area is 130 Å². The smallest absolute Gasteiger partial charge is 0.241 e. The summed E-state index contributed by atoms with van der Waals surface area (Å²) in [5.41, 5.74) is 0.225. The number of amides is 1. The Hall–Kier alpha value is -0.610. The number of hydrogen-bond donors (Lipinski definition) is 1. The largest absolute Gasteiger partial charge is 0.324 e. The number of carbonyl (C=O) groups is 1. The lowest BCUT2D eigenvalue weighted by Crippen LogP contribution is -2.59. The van der Waals surface area contributed by atoms with E-state index >= 15 is 0 Å². The van der Waals surface area contributed by atoms with Gasteiger partial charge < -0.3 is 9.80 Å². The number of carbonyl (C=O) groups excluding carboxylic acids is 1. The molecular formula is C17H33N3O. The molecule has 0 aromatic heterocycles. The van der Waals surface area contributed by atoms with Gasteiger partial charge in [0.1, 0.15) is 0 Å². The van der Waals surface area contributed by atoms with Crippen molar-refractivity contribution in [1.82, 2.24) is 15.1 Å². The van der Waals surface area contributed by atoms with E-state index in [4.69, 9.17) is 0 Å². The molecule has 122 valence electrons. The fraction of sp³-hybridized carbons (Fsp3) is 0.941. The molecule has 2 aliphatic rings. The van der Waals surface area contributed by atoms with Gasteiger partial charge in [-0.15, -0.1) is 0 Å². The van der Waals surface area contributed by atoms with Crippen molar-refractivity contribution in [1.29, 1.82) is 0 Å². The molecule has 4 heteroatoms. The monoisotopic (exact) mass is 295 g/mol. The Kier molecular flexibility index (Phi) is 5.67. The molecule has 2 unspecified atom stereocenters. The van der Waals surface area contributed by atoms with E-state index in [1.807, 2.05) is 0 Å². The van der Waals surface area contributed by atoms with Crippen LogP contribution < -0.4 is 5.32 Å². The molecule has 21 heavy (non-hydrogen) atoms. The first-order valence-electron chi connectivity index (χ1n) is 8.78. The topological polar surface area (TPSA) is 35.6 Å². The van der Waals surface area contributed by atoms with Gasteiger partial charge >= 0.3 is 0 Å². The summed E-state index contributed by atoms with van der Waals surface area (Å²) in [5.74, 6) is 0.343. The first-order valence-corrected chi connectivity index (χ1v) is 8.78. The maximum absolute atomic E-state index is 12.8. The SMILES string of the molecule is CCCCC1NC(CCC)N(CC2(N(C)C)CCC2)C1=O. The van der Waals surface area contributed by atoms with Crippen LogP contribution >= 0.6 is 0 Å². The van der Waals surface area contributed by atoms with Gasteiger partial charge in [-0.2, -0.15) is 0 Å². The molecule has 1 saturated heterocycles.